The van der Waals surface area contributed by atoms with Gasteiger partial charge in [0.15, 0.2) is 0 Å². The molecule has 0 aromatic heterocycles. The fourth-order valence-electron chi connectivity index (χ4n) is 3.68. The third-order valence-corrected chi connectivity index (χ3v) is 6.30. The van der Waals surface area contributed by atoms with Gasteiger partial charge in [-0.1, -0.05) is 45.0 Å². The average Bonchev–Trinajstić information content (AvgIpc) is 2.84. The van der Waals surface area contributed by atoms with Crippen molar-refractivity contribution in [2.75, 3.05) is 7.11 Å². The molecule has 0 spiro atoms. The van der Waals surface area contributed by atoms with Gasteiger partial charge in [0.2, 0.25) is 0 Å². The number of methoxy groups -OCH3 is 1. The minimum absolute atomic E-state index is 0.0980. The molecule has 0 aliphatic rings. The van der Waals surface area contributed by atoms with Crippen LogP contribution in [0, 0.1) is 5.41 Å². The minimum atomic E-state index is -4.45. The fraction of sp³-hybridized carbons (Fsp3) is 0.333. The Balaban J connectivity index is 2.01. The van der Waals surface area contributed by atoms with Crippen LogP contribution in [0.25, 0.3) is 10.8 Å². The first-order chi connectivity index (χ1) is 16.9. The van der Waals surface area contributed by atoms with Crippen LogP contribution < -0.4 is 14.8 Å². The van der Waals surface area contributed by atoms with Crippen LogP contribution in [-0.4, -0.2) is 30.1 Å². The molecule has 0 unspecified atom stereocenters. The van der Waals surface area contributed by atoms with Crippen molar-refractivity contribution in [1.82, 2.24) is 5.32 Å². The molecule has 0 aliphatic heterocycles. The van der Waals surface area contributed by atoms with Crippen molar-refractivity contribution in [3.63, 3.8) is 0 Å². The molecule has 0 aliphatic carbocycles. The largest absolute Gasteiger partial charge is 0.497 e. The van der Waals surface area contributed by atoms with Gasteiger partial charge in [0, 0.05) is 5.39 Å². The third-order valence-electron chi connectivity index (χ3n) is 6.30. The number of benzene rings is 3. The highest BCUT2D eigenvalue weighted by Crippen LogP contribution is 2.35. The van der Waals surface area contributed by atoms with Gasteiger partial charge in [-0.3, -0.25) is 4.79 Å². The van der Waals surface area contributed by atoms with Gasteiger partial charge in [-0.2, -0.15) is 13.2 Å². The van der Waals surface area contributed by atoms with Gasteiger partial charge < -0.3 is 19.9 Å². The topological polar surface area (TPSA) is 84.9 Å². The van der Waals surface area contributed by atoms with Crippen LogP contribution in [0.5, 0.6) is 11.5 Å². The van der Waals surface area contributed by atoms with E-state index in [1.165, 1.54) is 25.3 Å². The summed E-state index contributed by atoms with van der Waals surface area (Å²) in [4.78, 5) is 25.2. The number of fused-ring (bicyclic) bond motifs is 1. The molecule has 0 saturated heterocycles. The predicted octanol–water partition coefficient (Wildman–Crippen LogP) is 6.07. The van der Waals surface area contributed by atoms with E-state index in [1.54, 1.807) is 38.1 Å². The Hall–Kier alpha value is -3.75. The molecule has 9 heteroatoms. The molecule has 1 atom stereocenters. The number of rotatable bonds is 9. The molecule has 2 N–H and O–H groups in total. The molecule has 0 saturated carbocycles. The molecular formula is C27H28F3NO5. The quantitative estimate of drug-likeness (QED) is 0.371. The number of carboxylic acid groups (broad SMARTS) is 1. The first kappa shape index (κ1) is 26.8. The van der Waals surface area contributed by atoms with E-state index in [1.807, 2.05) is 6.92 Å². The summed E-state index contributed by atoms with van der Waals surface area (Å²) in [5, 5.41) is 13.6. The molecule has 0 fully saturated rings. The summed E-state index contributed by atoms with van der Waals surface area (Å²) >= 11 is 0. The Labute approximate surface area is 207 Å². The normalized spacial score (nSPS) is 12.8. The number of carboxylic acids is 1. The second kappa shape index (κ2) is 10.5. The van der Waals surface area contributed by atoms with E-state index in [9.17, 15) is 27.9 Å². The van der Waals surface area contributed by atoms with Gasteiger partial charge in [0.05, 0.1) is 18.2 Å². The second-order valence-electron chi connectivity index (χ2n) is 9.10. The zero-order chi connectivity index (χ0) is 26.7. The van der Waals surface area contributed by atoms with Crippen molar-refractivity contribution in [1.29, 1.82) is 0 Å². The van der Waals surface area contributed by atoms with Crippen molar-refractivity contribution < 1.29 is 37.3 Å². The Bertz CT molecular complexity index is 1250. The second-order valence-corrected chi connectivity index (χ2v) is 9.10. The Morgan fingerprint density at radius 3 is 2.22 bits per heavy atom. The van der Waals surface area contributed by atoms with Gasteiger partial charge in [0.25, 0.3) is 5.91 Å². The number of hydrogen-bond donors (Lipinski definition) is 2. The Kier molecular flexibility index (Phi) is 7.81. The zero-order valence-corrected chi connectivity index (χ0v) is 20.4. The summed E-state index contributed by atoms with van der Waals surface area (Å²) in [6.07, 6.45) is -3.94. The highest BCUT2D eigenvalue weighted by molar-refractivity contribution is 6.05. The molecule has 1 amide bonds. The predicted molar refractivity (Wildman–Crippen MR) is 129 cm³/mol. The van der Waals surface area contributed by atoms with E-state index in [0.29, 0.717) is 23.1 Å². The van der Waals surface area contributed by atoms with Crippen LogP contribution in [0.15, 0.2) is 54.6 Å². The zero-order valence-electron chi connectivity index (χ0n) is 20.4. The highest BCUT2D eigenvalue weighted by atomic mass is 19.4. The maximum Gasteiger partial charge on any atom is 0.416 e. The number of hydrogen-bond acceptors (Lipinski definition) is 4. The van der Waals surface area contributed by atoms with E-state index in [4.69, 9.17) is 9.47 Å². The number of ether oxygens (including phenoxy) is 2. The summed E-state index contributed by atoms with van der Waals surface area (Å²) in [7, 11) is 1.49. The summed E-state index contributed by atoms with van der Waals surface area (Å²) in [5.74, 6) is -1.13. The third kappa shape index (κ3) is 5.90. The molecule has 3 rings (SSSR count). The van der Waals surface area contributed by atoms with E-state index < -0.39 is 35.1 Å². The number of aliphatic carboxylic acids is 1. The van der Waals surface area contributed by atoms with Crippen LogP contribution in [0.2, 0.25) is 0 Å². The summed E-state index contributed by atoms with van der Waals surface area (Å²) in [6, 6.07) is 11.8. The number of carbonyl (C=O) groups excluding carboxylic acids is 1. The van der Waals surface area contributed by atoms with E-state index in [2.05, 4.69) is 5.32 Å². The van der Waals surface area contributed by atoms with Gasteiger partial charge in [-0.05, 0) is 53.1 Å². The molecule has 6 nitrogen and oxygen atoms in total. The van der Waals surface area contributed by atoms with Gasteiger partial charge in [0.1, 0.15) is 24.1 Å². The van der Waals surface area contributed by atoms with Crippen LogP contribution in [0.4, 0.5) is 13.2 Å². The summed E-state index contributed by atoms with van der Waals surface area (Å²) < 4.78 is 50.0. The summed E-state index contributed by atoms with van der Waals surface area (Å²) in [5.41, 5.74) is -0.937. The Morgan fingerprint density at radius 1 is 1.03 bits per heavy atom. The minimum Gasteiger partial charge on any atom is -0.497 e. The van der Waals surface area contributed by atoms with Crippen molar-refractivity contribution in [2.45, 2.75) is 46.0 Å². The van der Waals surface area contributed by atoms with Crippen molar-refractivity contribution >= 4 is 22.6 Å². The molecule has 0 bridgehead atoms. The number of carbonyl (C=O) groups is 2. The van der Waals surface area contributed by atoms with E-state index >= 15 is 0 Å². The maximum absolute atomic E-state index is 13.3. The lowest BCUT2D eigenvalue weighted by atomic mass is 9.81. The molecule has 36 heavy (non-hydrogen) atoms. The van der Waals surface area contributed by atoms with Crippen LogP contribution in [-0.2, 0) is 17.6 Å². The molecule has 3 aromatic carbocycles. The number of amides is 1. The highest BCUT2D eigenvalue weighted by Gasteiger charge is 2.36. The Morgan fingerprint density at radius 2 is 1.67 bits per heavy atom. The van der Waals surface area contributed by atoms with Crippen molar-refractivity contribution in [2.24, 2.45) is 5.41 Å². The molecule has 0 radical (unpaired) electrons. The number of alkyl halides is 3. The monoisotopic (exact) mass is 503 g/mol. The van der Waals surface area contributed by atoms with E-state index in [0.717, 1.165) is 17.5 Å². The molecule has 3 aromatic rings. The van der Waals surface area contributed by atoms with Crippen LogP contribution in [0.3, 0.4) is 0 Å². The van der Waals surface area contributed by atoms with Gasteiger partial charge >= 0.3 is 12.1 Å². The molecule has 192 valence electrons. The average molecular weight is 504 g/mol. The van der Waals surface area contributed by atoms with Crippen LogP contribution in [0.1, 0.15) is 48.7 Å². The standard InChI is InChI=1S/C27H28F3NO5/c1-5-26(2,3)23(25(33)34)31-24(32)20-13-9-17-8-12-19(35-4)14-21(17)22(20)36-15-16-6-10-18(11-7-16)27(28,29)30/h6-14,23H,5,15H2,1-4H3,(H,31,32)(H,33,34)/t23-/m1/s1. The molecule has 0 heterocycles. The van der Waals surface area contributed by atoms with Gasteiger partial charge in [-0.15, -0.1) is 0 Å². The SMILES string of the molecule is CCC(C)(C)[C@H](NC(=O)c1ccc2ccc(OC)cc2c1OCc1ccc(C(F)(F)F)cc1)C(=O)O. The first-order valence-electron chi connectivity index (χ1n) is 11.3. The molecular weight excluding hydrogens is 475 g/mol. The maximum atomic E-state index is 13.3. The number of halogens is 3. The van der Waals surface area contributed by atoms with Crippen molar-refractivity contribution in [3.05, 3.63) is 71.3 Å². The van der Waals surface area contributed by atoms with Crippen molar-refractivity contribution in [3.8, 4) is 11.5 Å². The fourth-order valence-corrected chi connectivity index (χ4v) is 3.68. The van der Waals surface area contributed by atoms with Gasteiger partial charge in [-0.25, -0.2) is 4.79 Å². The summed E-state index contributed by atoms with van der Waals surface area (Å²) in [6.45, 7) is 5.22. The first-order valence-corrected chi connectivity index (χ1v) is 11.3. The lowest BCUT2D eigenvalue weighted by Gasteiger charge is -2.31. The lowest BCUT2D eigenvalue weighted by molar-refractivity contribution is -0.142. The smallest absolute Gasteiger partial charge is 0.416 e. The lowest BCUT2D eigenvalue weighted by Crippen LogP contribution is -2.50. The number of nitrogens with one attached hydrogen (secondary N) is 1. The van der Waals surface area contributed by atoms with Crippen LogP contribution >= 0.6 is 0 Å². The van der Waals surface area contributed by atoms with E-state index in [-0.39, 0.29) is 17.9 Å².